The molecule has 0 amide bonds. The molecule has 2 aromatic carbocycles. The van der Waals surface area contributed by atoms with Crippen molar-refractivity contribution in [2.45, 2.75) is 12.3 Å². The van der Waals surface area contributed by atoms with Gasteiger partial charge in [0.2, 0.25) is 10.0 Å². The Morgan fingerprint density at radius 2 is 1.71 bits per heavy atom. The van der Waals surface area contributed by atoms with Gasteiger partial charge < -0.3 is 0 Å². The maximum Gasteiger partial charge on any atom is 0.216 e. The Kier molecular flexibility index (Phi) is 5.22. The highest BCUT2D eigenvalue weighted by molar-refractivity contribution is 7.88. The summed E-state index contributed by atoms with van der Waals surface area (Å²) in [4.78, 5) is 0. The van der Waals surface area contributed by atoms with E-state index in [2.05, 4.69) is 4.72 Å². The summed E-state index contributed by atoms with van der Waals surface area (Å²) >= 11 is 11.7. The zero-order chi connectivity index (χ0) is 15.5. The van der Waals surface area contributed by atoms with Crippen LogP contribution in [0.25, 0.3) is 0 Å². The molecule has 0 aromatic heterocycles. The molecule has 0 atom stereocenters. The first-order chi connectivity index (χ1) is 9.85. The Labute approximate surface area is 132 Å². The second kappa shape index (κ2) is 6.75. The molecule has 0 aliphatic heterocycles. The molecule has 112 valence electrons. The summed E-state index contributed by atoms with van der Waals surface area (Å²) in [7, 11) is -3.54. The molecular weight excluding hydrogens is 336 g/mol. The number of hydrogen-bond donors (Lipinski definition) is 1. The fourth-order valence-corrected chi connectivity index (χ4v) is 3.29. The molecule has 0 aliphatic carbocycles. The molecule has 0 saturated carbocycles. The van der Waals surface area contributed by atoms with E-state index in [-0.39, 0.29) is 12.3 Å². The topological polar surface area (TPSA) is 46.2 Å². The Morgan fingerprint density at radius 3 is 2.33 bits per heavy atom. The van der Waals surface area contributed by atoms with Crippen molar-refractivity contribution in [3.63, 3.8) is 0 Å². The fraction of sp³-hybridized carbons (Fsp3) is 0.143. The Bertz CT molecular complexity index is 733. The first kappa shape index (κ1) is 16.2. The highest BCUT2D eigenvalue weighted by Gasteiger charge is 2.12. The van der Waals surface area contributed by atoms with Gasteiger partial charge >= 0.3 is 0 Å². The summed E-state index contributed by atoms with van der Waals surface area (Å²) < 4.78 is 39.1. The fourth-order valence-electron chi connectivity index (χ4n) is 1.70. The van der Waals surface area contributed by atoms with Gasteiger partial charge in [-0.25, -0.2) is 17.5 Å². The molecule has 0 aliphatic rings. The third kappa shape index (κ3) is 4.97. The standard InChI is InChI=1S/C14H12Cl2FNO2S/c15-12-4-3-11(14(16)7-12)8-18-21(19,20)9-10-1-5-13(17)6-2-10/h1-7,18H,8-9H2. The van der Waals surface area contributed by atoms with Gasteiger partial charge in [-0.15, -0.1) is 0 Å². The average molecular weight is 348 g/mol. The van der Waals surface area contributed by atoms with Gasteiger partial charge in [0.15, 0.2) is 0 Å². The molecule has 0 radical (unpaired) electrons. The van der Waals surface area contributed by atoms with E-state index < -0.39 is 15.8 Å². The molecule has 0 heterocycles. The first-order valence-corrected chi connectivity index (χ1v) is 8.42. The summed E-state index contributed by atoms with van der Waals surface area (Å²) in [6.07, 6.45) is 0. The number of sulfonamides is 1. The molecule has 1 N–H and O–H groups in total. The number of hydrogen-bond acceptors (Lipinski definition) is 2. The molecule has 0 fully saturated rings. The highest BCUT2D eigenvalue weighted by atomic mass is 35.5. The van der Waals surface area contributed by atoms with Crippen molar-refractivity contribution in [3.8, 4) is 0 Å². The summed E-state index contributed by atoms with van der Waals surface area (Å²) in [5.41, 5.74) is 1.13. The Morgan fingerprint density at radius 1 is 1.05 bits per heavy atom. The summed E-state index contributed by atoms with van der Waals surface area (Å²) in [5.74, 6) is -0.629. The second-order valence-corrected chi connectivity index (χ2v) is 7.09. The lowest BCUT2D eigenvalue weighted by molar-refractivity contribution is 0.580. The van der Waals surface area contributed by atoms with E-state index in [4.69, 9.17) is 23.2 Å². The quantitative estimate of drug-likeness (QED) is 0.895. The second-order valence-electron chi connectivity index (χ2n) is 4.44. The van der Waals surface area contributed by atoms with Crippen LogP contribution in [0.1, 0.15) is 11.1 Å². The van der Waals surface area contributed by atoms with Gasteiger partial charge in [0.25, 0.3) is 0 Å². The Balaban J connectivity index is 2.02. The van der Waals surface area contributed by atoms with Crippen LogP contribution in [0.5, 0.6) is 0 Å². The van der Waals surface area contributed by atoms with Crippen LogP contribution in [0, 0.1) is 5.82 Å². The van der Waals surface area contributed by atoms with E-state index in [1.807, 2.05) is 0 Å². The van der Waals surface area contributed by atoms with Crippen LogP contribution in [-0.2, 0) is 22.3 Å². The number of rotatable bonds is 5. The lowest BCUT2D eigenvalue weighted by Crippen LogP contribution is -2.24. The van der Waals surface area contributed by atoms with Crippen molar-refractivity contribution < 1.29 is 12.8 Å². The van der Waals surface area contributed by atoms with Crippen molar-refractivity contribution in [1.29, 1.82) is 0 Å². The van der Waals surface area contributed by atoms with Gasteiger partial charge in [0.1, 0.15) is 5.82 Å². The van der Waals surface area contributed by atoms with Crippen LogP contribution >= 0.6 is 23.2 Å². The van der Waals surface area contributed by atoms with Crippen LogP contribution in [-0.4, -0.2) is 8.42 Å². The smallest absolute Gasteiger partial charge is 0.212 e. The molecule has 0 bridgehead atoms. The number of halogens is 3. The van der Waals surface area contributed by atoms with E-state index in [9.17, 15) is 12.8 Å². The van der Waals surface area contributed by atoms with Crippen molar-refractivity contribution >= 4 is 33.2 Å². The number of nitrogens with one attached hydrogen (secondary N) is 1. The zero-order valence-corrected chi connectivity index (χ0v) is 13.1. The summed E-state index contributed by atoms with van der Waals surface area (Å²) in [5, 5.41) is 0.880. The zero-order valence-electron chi connectivity index (χ0n) is 10.8. The third-order valence-corrected chi connectivity index (χ3v) is 4.65. The molecule has 0 saturated heterocycles. The van der Waals surface area contributed by atoms with Crippen LogP contribution in [0.2, 0.25) is 10.0 Å². The van der Waals surface area contributed by atoms with Crippen LogP contribution in [0.15, 0.2) is 42.5 Å². The predicted molar refractivity (Wildman–Crippen MR) is 82.3 cm³/mol. The molecular formula is C14H12Cl2FNO2S. The summed E-state index contributed by atoms with van der Waals surface area (Å²) in [6.45, 7) is 0.0690. The first-order valence-electron chi connectivity index (χ1n) is 6.01. The van der Waals surface area contributed by atoms with Gasteiger partial charge in [-0.2, -0.15) is 0 Å². The lowest BCUT2D eigenvalue weighted by Gasteiger charge is -2.08. The number of benzene rings is 2. The van der Waals surface area contributed by atoms with Crippen LogP contribution in [0.4, 0.5) is 4.39 Å². The van der Waals surface area contributed by atoms with Gasteiger partial charge in [0, 0.05) is 16.6 Å². The normalized spacial score (nSPS) is 11.6. The van der Waals surface area contributed by atoms with Crippen LogP contribution < -0.4 is 4.72 Å². The Hall–Kier alpha value is -1.14. The molecule has 2 aromatic rings. The highest BCUT2D eigenvalue weighted by Crippen LogP contribution is 2.21. The molecule has 0 unspecified atom stereocenters. The molecule has 21 heavy (non-hydrogen) atoms. The maximum absolute atomic E-state index is 12.8. The lowest BCUT2D eigenvalue weighted by atomic mass is 10.2. The van der Waals surface area contributed by atoms with Crippen molar-refractivity contribution in [1.82, 2.24) is 4.72 Å². The van der Waals surface area contributed by atoms with E-state index in [0.717, 1.165) is 0 Å². The summed E-state index contributed by atoms with van der Waals surface area (Å²) in [6, 6.07) is 10.2. The molecule has 0 spiro atoms. The van der Waals surface area contributed by atoms with E-state index in [0.29, 0.717) is 21.2 Å². The van der Waals surface area contributed by atoms with Crippen molar-refractivity contribution in [2.24, 2.45) is 0 Å². The maximum atomic E-state index is 12.8. The van der Waals surface area contributed by atoms with Gasteiger partial charge in [-0.05, 0) is 35.4 Å². The average Bonchev–Trinajstić information content (AvgIpc) is 2.40. The SMILES string of the molecule is O=S(=O)(Cc1ccc(F)cc1)NCc1ccc(Cl)cc1Cl. The van der Waals surface area contributed by atoms with Crippen LogP contribution in [0.3, 0.4) is 0 Å². The minimum atomic E-state index is -3.54. The van der Waals surface area contributed by atoms with E-state index >= 15 is 0 Å². The molecule has 2 rings (SSSR count). The van der Waals surface area contributed by atoms with Gasteiger partial charge in [-0.3, -0.25) is 0 Å². The molecule has 7 heteroatoms. The van der Waals surface area contributed by atoms with Gasteiger partial charge in [0.05, 0.1) is 5.75 Å². The largest absolute Gasteiger partial charge is 0.216 e. The minimum Gasteiger partial charge on any atom is -0.212 e. The predicted octanol–water partition coefficient (Wildman–Crippen LogP) is 3.75. The molecule has 3 nitrogen and oxygen atoms in total. The third-order valence-electron chi connectivity index (χ3n) is 2.77. The van der Waals surface area contributed by atoms with Gasteiger partial charge in [-0.1, -0.05) is 41.4 Å². The van der Waals surface area contributed by atoms with E-state index in [1.165, 1.54) is 24.3 Å². The van der Waals surface area contributed by atoms with Crippen molar-refractivity contribution in [2.75, 3.05) is 0 Å². The minimum absolute atomic E-state index is 0.0690. The van der Waals surface area contributed by atoms with Crippen molar-refractivity contribution in [3.05, 3.63) is 69.5 Å². The monoisotopic (exact) mass is 347 g/mol. The van der Waals surface area contributed by atoms with E-state index in [1.54, 1.807) is 18.2 Å².